The molecule has 0 bridgehead atoms. The van der Waals surface area contributed by atoms with E-state index in [9.17, 15) is 9.59 Å². The number of hydrogen-bond acceptors (Lipinski definition) is 3. The van der Waals surface area contributed by atoms with Gasteiger partial charge in [-0.25, -0.2) is 0 Å². The lowest BCUT2D eigenvalue weighted by molar-refractivity contribution is -0.143. The maximum atomic E-state index is 13.8. The van der Waals surface area contributed by atoms with Gasteiger partial charge in [-0.05, 0) is 48.2 Å². The van der Waals surface area contributed by atoms with Crippen molar-refractivity contribution in [3.8, 4) is 5.75 Å². The number of halogens is 2. The highest BCUT2D eigenvalue weighted by molar-refractivity contribution is 9.10. The zero-order chi connectivity index (χ0) is 26.0. The first-order chi connectivity index (χ1) is 18.0. The number of rotatable bonds is 10. The van der Waals surface area contributed by atoms with Crippen LogP contribution in [0.3, 0.4) is 0 Å². The molecule has 37 heavy (non-hydrogen) atoms. The number of hydrogen-bond donors (Lipinski definition) is 1. The van der Waals surface area contributed by atoms with Crippen molar-refractivity contribution in [1.82, 2.24) is 10.2 Å². The maximum Gasteiger partial charge on any atom is 0.261 e. The highest BCUT2D eigenvalue weighted by Gasteiger charge is 2.32. The third-order valence-electron chi connectivity index (χ3n) is 6.65. The van der Waals surface area contributed by atoms with Crippen molar-refractivity contribution in [2.24, 2.45) is 0 Å². The summed E-state index contributed by atoms with van der Waals surface area (Å²) in [5.74, 6) is 0.0302. The van der Waals surface area contributed by atoms with E-state index in [0.717, 1.165) is 41.3 Å². The van der Waals surface area contributed by atoms with Crippen LogP contribution in [0.4, 0.5) is 0 Å². The minimum absolute atomic E-state index is 0.128. The van der Waals surface area contributed by atoms with Crippen LogP contribution in [0.15, 0.2) is 83.3 Å². The molecule has 0 aliphatic heterocycles. The lowest BCUT2D eigenvalue weighted by atomic mass is 9.94. The summed E-state index contributed by atoms with van der Waals surface area (Å²) in [5, 5.41) is 3.69. The number of carbonyl (C=O) groups excluding carboxylic acids is 2. The highest BCUT2D eigenvalue weighted by atomic mass is 79.9. The lowest BCUT2D eigenvalue weighted by Gasteiger charge is -2.33. The van der Waals surface area contributed by atoms with Crippen LogP contribution in [0.1, 0.15) is 43.2 Å². The molecule has 1 aliphatic carbocycles. The van der Waals surface area contributed by atoms with Crippen LogP contribution in [0.2, 0.25) is 5.02 Å². The van der Waals surface area contributed by atoms with Gasteiger partial charge in [0.1, 0.15) is 11.8 Å². The van der Waals surface area contributed by atoms with Crippen molar-refractivity contribution in [1.29, 1.82) is 0 Å². The summed E-state index contributed by atoms with van der Waals surface area (Å²) < 4.78 is 6.72. The smallest absolute Gasteiger partial charge is 0.261 e. The molecular formula is C30H32BrClN2O3. The Kier molecular flexibility index (Phi) is 10.0. The molecule has 0 spiro atoms. The fourth-order valence-electron chi connectivity index (χ4n) is 4.71. The molecule has 1 aliphatic rings. The maximum absolute atomic E-state index is 13.8. The third kappa shape index (κ3) is 8.08. The van der Waals surface area contributed by atoms with Gasteiger partial charge in [-0.2, -0.15) is 0 Å². The fraction of sp³-hybridized carbons (Fsp3) is 0.333. The topological polar surface area (TPSA) is 58.6 Å². The Hall–Kier alpha value is -2.83. The van der Waals surface area contributed by atoms with E-state index in [0.29, 0.717) is 17.2 Å². The lowest BCUT2D eigenvalue weighted by Crippen LogP contribution is -2.53. The van der Waals surface area contributed by atoms with Gasteiger partial charge in [0.05, 0.1) is 5.02 Å². The largest absolute Gasteiger partial charge is 0.482 e. The molecule has 1 unspecified atom stereocenters. The summed E-state index contributed by atoms with van der Waals surface area (Å²) in [5.41, 5.74) is 1.91. The van der Waals surface area contributed by atoms with Crippen molar-refractivity contribution in [2.75, 3.05) is 6.61 Å². The average molecular weight is 584 g/mol. The number of nitrogens with zero attached hydrogens (tertiary/aromatic N) is 1. The molecule has 0 heterocycles. The fourth-order valence-corrected chi connectivity index (χ4v) is 5.35. The Bertz CT molecular complexity index is 1180. The second-order valence-corrected chi connectivity index (χ2v) is 10.7. The summed E-state index contributed by atoms with van der Waals surface area (Å²) in [6, 6.07) is 24.1. The second-order valence-electron chi connectivity index (χ2n) is 9.42. The van der Waals surface area contributed by atoms with Crippen molar-refractivity contribution < 1.29 is 14.3 Å². The standard InChI is InChI=1S/C30H32BrClN2O3/c31-24-13-9-12-23(18-24)20-34(29(35)21-37-28-17-8-7-16-26(28)32)27(19-22-10-3-1-4-11-22)30(36)33-25-14-5-2-6-15-25/h1,3-4,7-13,16-18,25,27H,2,5-6,14-15,19-21H2,(H,33,36). The Labute approximate surface area is 232 Å². The summed E-state index contributed by atoms with van der Waals surface area (Å²) in [4.78, 5) is 29.1. The minimum atomic E-state index is -0.689. The first-order valence-corrected chi connectivity index (χ1v) is 13.9. The van der Waals surface area contributed by atoms with E-state index in [1.165, 1.54) is 6.42 Å². The first-order valence-electron chi connectivity index (χ1n) is 12.7. The number of carbonyl (C=O) groups is 2. The molecule has 0 radical (unpaired) electrons. The molecule has 0 aromatic heterocycles. The molecule has 3 aromatic carbocycles. The molecule has 1 fully saturated rings. The molecule has 7 heteroatoms. The van der Waals surface area contributed by atoms with Gasteiger partial charge in [0.2, 0.25) is 5.91 Å². The molecule has 0 saturated heterocycles. The van der Waals surface area contributed by atoms with Crippen LogP contribution in [0, 0.1) is 0 Å². The van der Waals surface area contributed by atoms with Crippen molar-refractivity contribution in [3.63, 3.8) is 0 Å². The number of benzene rings is 3. The predicted octanol–water partition coefficient (Wildman–Crippen LogP) is 6.57. The van der Waals surface area contributed by atoms with Crippen molar-refractivity contribution >= 4 is 39.3 Å². The second kappa shape index (κ2) is 13.6. The third-order valence-corrected chi connectivity index (χ3v) is 7.46. The van der Waals surface area contributed by atoms with Gasteiger partial charge < -0.3 is 15.0 Å². The number of amides is 2. The monoisotopic (exact) mass is 582 g/mol. The Morgan fingerprint density at radius 1 is 0.946 bits per heavy atom. The van der Waals surface area contributed by atoms with Crippen LogP contribution < -0.4 is 10.1 Å². The number of ether oxygens (including phenoxy) is 1. The number of nitrogens with one attached hydrogen (secondary N) is 1. The first kappa shape index (κ1) is 27.2. The van der Waals surface area contributed by atoms with Gasteiger partial charge in [-0.1, -0.05) is 101 Å². The Morgan fingerprint density at radius 2 is 1.65 bits per heavy atom. The zero-order valence-electron chi connectivity index (χ0n) is 20.7. The van der Waals surface area contributed by atoms with Crippen LogP contribution >= 0.6 is 27.5 Å². The molecule has 3 aromatic rings. The molecule has 2 amide bonds. The normalized spacial score (nSPS) is 14.5. The van der Waals surface area contributed by atoms with E-state index in [4.69, 9.17) is 16.3 Å². The Balaban J connectivity index is 1.62. The van der Waals surface area contributed by atoms with Crippen LogP contribution in [-0.4, -0.2) is 35.4 Å². The van der Waals surface area contributed by atoms with Gasteiger partial charge in [-0.15, -0.1) is 0 Å². The van der Waals surface area contributed by atoms with E-state index in [1.54, 1.807) is 23.1 Å². The van der Waals surface area contributed by atoms with E-state index < -0.39 is 6.04 Å². The summed E-state index contributed by atoms with van der Waals surface area (Å²) >= 11 is 9.77. The molecule has 1 atom stereocenters. The quantitative estimate of drug-likeness (QED) is 0.294. The molecular weight excluding hydrogens is 552 g/mol. The SMILES string of the molecule is O=C(NC1CCCCC1)C(Cc1ccccc1)N(Cc1cccc(Br)c1)C(=O)COc1ccccc1Cl. The van der Waals surface area contributed by atoms with E-state index in [-0.39, 0.29) is 31.0 Å². The van der Waals surface area contributed by atoms with Crippen LogP contribution in [-0.2, 0) is 22.6 Å². The van der Waals surface area contributed by atoms with Gasteiger partial charge in [0, 0.05) is 23.5 Å². The molecule has 194 valence electrons. The van der Waals surface area contributed by atoms with Gasteiger partial charge in [-0.3, -0.25) is 9.59 Å². The van der Waals surface area contributed by atoms with Crippen molar-refractivity contribution in [3.05, 3.63) is 99.5 Å². The molecule has 5 nitrogen and oxygen atoms in total. The molecule has 1 N–H and O–H groups in total. The van der Waals surface area contributed by atoms with E-state index in [1.807, 2.05) is 60.7 Å². The van der Waals surface area contributed by atoms with E-state index in [2.05, 4.69) is 21.2 Å². The summed E-state index contributed by atoms with van der Waals surface area (Å²) in [6.45, 7) is 0.0550. The van der Waals surface area contributed by atoms with Gasteiger partial charge in [0.25, 0.3) is 5.91 Å². The summed E-state index contributed by atoms with van der Waals surface area (Å²) in [6.07, 6.45) is 5.78. The van der Waals surface area contributed by atoms with Crippen molar-refractivity contribution in [2.45, 2.75) is 57.2 Å². The van der Waals surface area contributed by atoms with Crippen LogP contribution in [0.5, 0.6) is 5.75 Å². The van der Waals surface area contributed by atoms with Crippen LogP contribution in [0.25, 0.3) is 0 Å². The van der Waals surface area contributed by atoms with Gasteiger partial charge in [0.15, 0.2) is 6.61 Å². The predicted molar refractivity (Wildman–Crippen MR) is 151 cm³/mol. The minimum Gasteiger partial charge on any atom is -0.482 e. The van der Waals surface area contributed by atoms with Gasteiger partial charge >= 0.3 is 0 Å². The van der Waals surface area contributed by atoms with E-state index >= 15 is 0 Å². The highest BCUT2D eigenvalue weighted by Crippen LogP contribution is 2.24. The number of para-hydroxylation sites is 1. The molecule has 4 rings (SSSR count). The Morgan fingerprint density at radius 3 is 2.38 bits per heavy atom. The molecule has 1 saturated carbocycles. The average Bonchev–Trinajstić information content (AvgIpc) is 2.91. The summed E-state index contributed by atoms with van der Waals surface area (Å²) in [7, 11) is 0. The zero-order valence-corrected chi connectivity index (χ0v) is 23.1.